The number of esters is 2. The van der Waals surface area contributed by atoms with Gasteiger partial charge in [-0.25, -0.2) is 5.26 Å². The summed E-state index contributed by atoms with van der Waals surface area (Å²) in [4.78, 5) is 32.4. The molecule has 0 spiro atoms. The van der Waals surface area contributed by atoms with Crippen molar-refractivity contribution < 1.29 is 33.9 Å². The zero-order chi connectivity index (χ0) is 19.9. The lowest BCUT2D eigenvalue weighted by atomic mass is 9.77. The van der Waals surface area contributed by atoms with Crippen LogP contribution in [0.25, 0.3) is 0 Å². The van der Waals surface area contributed by atoms with Crippen LogP contribution in [0.2, 0.25) is 0 Å². The summed E-state index contributed by atoms with van der Waals surface area (Å²) in [6.45, 7) is 3.52. The van der Waals surface area contributed by atoms with Crippen molar-refractivity contribution in [3.63, 3.8) is 0 Å². The van der Waals surface area contributed by atoms with E-state index in [4.69, 9.17) is 20.6 Å². The predicted molar refractivity (Wildman–Crippen MR) is 93.4 cm³/mol. The molecule has 8 heteroatoms. The fourth-order valence-electron chi connectivity index (χ4n) is 2.96. The largest absolute Gasteiger partial charge is 0.461 e. The molecule has 1 saturated heterocycles. The van der Waals surface area contributed by atoms with Crippen molar-refractivity contribution in [2.45, 2.75) is 46.3 Å². The first-order valence-corrected chi connectivity index (χ1v) is 8.54. The molecule has 1 N–H and O–H groups in total. The highest BCUT2D eigenvalue weighted by atomic mass is 17.1. The van der Waals surface area contributed by atoms with E-state index in [0.717, 1.165) is 0 Å². The number of hydrogen-bond acceptors (Lipinski definition) is 8. The van der Waals surface area contributed by atoms with Gasteiger partial charge in [0.1, 0.15) is 13.2 Å². The van der Waals surface area contributed by atoms with Crippen LogP contribution in [0.5, 0.6) is 5.75 Å². The normalized spacial score (nSPS) is 15.5. The number of rotatable bonds is 7. The Labute approximate surface area is 157 Å². The molecule has 1 fully saturated rings. The fraction of sp³-hybridized carbons (Fsp3) is 0.526. The van der Waals surface area contributed by atoms with Crippen molar-refractivity contribution in [2.24, 2.45) is 5.41 Å². The van der Waals surface area contributed by atoms with Gasteiger partial charge in [0.05, 0.1) is 11.1 Å². The number of pyridine rings is 1. The van der Waals surface area contributed by atoms with E-state index in [9.17, 15) is 14.8 Å². The Morgan fingerprint density at radius 3 is 2.63 bits per heavy atom. The lowest BCUT2D eigenvalue weighted by molar-refractivity contribution is -0.164. The molecular formula is C19H23NO7. The van der Waals surface area contributed by atoms with Crippen molar-refractivity contribution in [3.8, 4) is 18.1 Å². The minimum absolute atomic E-state index is 0.0606. The second kappa shape index (κ2) is 9.35. The second-order valence-electron chi connectivity index (χ2n) is 6.40. The highest BCUT2D eigenvalue weighted by Crippen LogP contribution is 2.36. The van der Waals surface area contributed by atoms with Crippen molar-refractivity contribution in [3.05, 3.63) is 23.0 Å². The predicted octanol–water partition coefficient (Wildman–Crippen LogP) is 2.17. The summed E-state index contributed by atoms with van der Waals surface area (Å²) in [6.07, 6.45) is 8.14. The second-order valence-corrected chi connectivity index (χ2v) is 6.40. The monoisotopic (exact) mass is 377 g/mol. The van der Waals surface area contributed by atoms with Gasteiger partial charge >= 0.3 is 11.9 Å². The van der Waals surface area contributed by atoms with Crippen LogP contribution in [0, 0.1) is 24.7 Å². The van der Waals surface area contributed by atoms with Gasteiger partial charge < -0.3 is 19.1 Å². The van der Waals surface area contributed by atoms with Gasteiger partial charge in [-0.2, -0.15) is 0 Å². The maximum absolute atomic E-state index is 12.8. The average molecular weight is 377 g/mol. The Kier molecular flexibility index (Phi) is 7.16. The molecule has 0 bridgehead atoms. The molecule has 1 aliphatic heterocycles. The molecule has 0 radical (unpaired) electrons. The number of ether oxygens (including phenoxy) is 3. The van der Waals surface area contributed by atoms with Crippen molar-refractivity contribution >= 4 is 11.9 Å². The number of terminal acetylenes is 1. The van der Waals surface area contributed by atoms with E-state index in [2.05, 4.69) is 15.8 Å². The third-order valence-electron chi connectivity index (χ3n) is 4.60. The summed E-state index contributed by atoms with van der Waals surface area (Å²) < 4.78 is 15.8. The Hall–Kier alpha value is -2.63. The van der Waals surface area contributed by atoms with Gasteiger partial charge in [0, 0.05) is 43.9 Å². The lowest BCUT2D eigenvalue weighted by Gasteiger charge is -2.33. The lowest BCUT2D eigenvalue weighted by Crippen LogP contribution is -2.38. The molecule has 146 valence electrons. The molecule has 0 amide bonds. The first kappa shape index (κ1) is 20.7. The van der Waals surface area contributed by atoms with Crippen molar-refractivity contribution in [1.82, 2.24) is 4.98 Å². The molecule has 1 aliphatic rings. The quantitative estimate of drug-likeness (QED) is 0.334. The van der Waals surface area contributed by atoms with Crippen LogP contribution in [0.4, 0.5) is 0 Å². The Balaban J connectivity index is 2.22. The van der Waals surface area contributed by atoms with E-state index in [-0.39, 0.29) is 25.4 Å². The number of aryl methyl sites for hydroxylation is 1. The molecule has 0 saturated carbocycles. The molecule has 27 heavy (non-hydrogen) atoms. The molecule has 0 aliphatic carbocycles. The summed E-state index contributed by atoms with van der Waals surface area (Å²) in [5, 5.41) is 9.22. The summed E-state index contributed by atoms with van der Waals surface area (Å²) >= 11 is 0. The number of aromatic nitrogens is 1. The number of nitrogens with zero attached hydrogens (tertiary/aromatic N) is 1. The molecule has 8 nitrogen and oxygen atoms in total. The van der Waals surface area contributed by atoms with Crippen LogP contribution >= 0.6 is 0 Å². The first-order valence-electron chi connectivity index (χ1n) is 8.54. The van der Waals surface area contributed by atoms with Crippen LogP contribution in [0.3, 0.4) is 0 Å². The average Bonchev–Trinajstić information content (AvgIpc) is 2.66. The van der Waals surface area contributed by atoms with E-state index >= 15 is 0 Å². The highest BCUT2D eigenvalue weighted by Gasteiger charge is 2.41. The molecule has 1 aromatic heterocycles. The summed E-state index contributed by atoms with van der Waals surface area (Å²) in [6, 6.07) is 0. The van der Waals surface area contributed by atoms with Crippen LogP contribution in [0.15, 0.2) is 6.20 Å². The number of carbonyl (C=O) groups is 2. The Bertz CT molecular complexity index is 732. The maximum atomic E-state index is 12.8. The van der Waals surface area contributed by atoms with Crippen LogP contribution in [-0.4, -0.2) is 35.4 Å². The molecule has 0 unspecified atom stereocenters. The molecule has 0 atom stereocenters. The summed E-state index contributed by atoms with van der Waals surface area (Å²) in [5.41, 5.74) is 0.457. The standard InChI is InChI=1S/C19H23NO7/c1-4-5-19(6-8-24-9-7-19)18(22)26-12-16-15(11-25-14(3)21)10-20-13(2)17(16)27-23/h1,10,23H,5-9,11-12H2,2-3H3. The van der Waals surface area contributed by atoms with Gasteiger partial charge in [0.25, 0.3) is 0 Å². The van der Waals surface area contributed by atoms with Crippen LogP contribution in [-0.2, 0) is 37.0 Å². The van der Waals surface area contributed by atoms with Gasteiger partial charge in [-0.15, -0.1) is 12.3 Å². The van der Waals surface area contributed by atoms with Gasteiger partial charge in [-0.05, 0) is 19.8 Å². The minimum atomic E-state index is -0.786. The van der Waals surface area contributed by atoms with E-state index in [1.165, 1.54) is 13.1 Å². The molecule has 2 rings (SSSR count). The number of hydrogen-bond donors (Lipinski definition) is 1. The van der Waals surface area contributed by atoms with Gasteiger partial charge in [0.15, 0.2) is 5.75 Å². The van der Waals surface area contributed by atoms with Gasteiger partial charge in [-0.3, -0.25) is 14.6 Å². The SMILES string of the molecule is C#CCC1(C(=O)OCc2c(COC(C)=O)cnc(C)c2OO)CCOCC1. The zero-order valence-corrected chi connectivity index (χ0v) is 15.4. The minimum Gasteiger partial charge on any atom is -0.461 e. The molecular weight excluding hydrogens is 354 g/mol. The summed E-state index contributed by atoms with van der Waals surface area (Å²) in [7, 11) is 0. The van der Waals surface area contributed by atoms with E-state index in [1.54, 1.807) is 6.92 Å². The fourth-order valence-corrected chi connectivity index (χ4v) is 2.96. The van der Waals surface area contributed by atoms with E-state index < -0.39 is 17.4 Å². The third-order valence-corrected chi connectivity index (χ3v) is 4.60. The van der Waals surface area contributed by atoms with Crippen LogP contribution in [0.1, 0.15) is 43.0 Å². The summed E-state index contributed by atoms with van der Waals surface area (Å²) in [5.74, 6) is 1.70. The molecule has 0 aromatic carbocycles. The Morgan fingerprint density at radius 1 is 1.33 bits per heavy atom. The Morgan fingerprint density at radius 2 is 2.04 bits per heavy atom. The van der Waals surface area contributed by atoms with Crippen LogP contribution < -0.4 is 4.89 Å². The zero-order valence-electron chi connectivity index (χ0n) is 15.4. The van der Waals surface area contributed by atoms with E-state index in [0.29, 0.717) is 42.9 Å². The number of carbonyl (C=O) groups excluding carboxylic acids is 2. The molecule has 2 heterocycles. The van der Waals surface area contributed by atoms with Gasteiger partial charge in [-0.1, -0.05) is 0 Å². The maximum Gasteiger partial charge on any atom is 0.313 e. The van der Waals surface area contributed by atoms with Crippen molar-refractivity contribution in [1.29, 1.82) is 0 Å². The smallest absolute Gasteiger partial charge is 0.313 e. The van der Waals surface area contributed by atoms with E-state index in [1.807, 2.05) is 0 Å². The van der Waals surface area contributed by atoms with Crippen molar-refractivity contribution in [2.75, 3.05) is 13.2 Å². The topological polar surface area (TPSA) is 104 Å². The van der Waals surface area contributed by atoms with Gasteiger partial charge in [0.2, 0.25) is 0 Å². The highest BCUT2D eigenvalue weighted by molar-refractivity contribution is 5.77. The first-order chi connectivity index (χ1) is 12.9. The third kappa shape index (κ3) is 4.96. The molecule has 1 aromatic rings.